The zero-order chi connectivity index (χ0) is 12.8. The normalized spacial score (nSPS) is 11.9. The summed E-state index contributed by atoms with van der Waals surface area (Å²) in [5.41, 5.74) is 1.26. The Bertz CT molecular complexity index is 569. The van der Waals surface area contributed by atoms with Crippen LogP contribution in [0.3, 0.4) is 0 Å². The van der Waals surface area contributed by atoms with E-state index in [2.05, 4.69) is 61.2 Å². The van der Waals surface area contributed by atoms with Crippen molar-refractivity contribution in [3.8, 4) is 11.8 Å². The summed E-state index contributed by atoms with van der Waals surface area (Å²) in [6.07, 6.45) is 1.08. The van der Waals surface area contributed by atoms with Crippen molar-refractivity contribution < 1.29 is 4.74 Å². The molecule has 0 N–H and O–H groups in total. The first-order valence-corrected chi connectivity index (χ1v) is 6.35. The van der Waals surface area contributed by atoms with E-state index < -0.39 is 0 Å². The van der Waals surface area contributed by atoms with E-state index in [1.54, 1.807) is 0 Å². The molecule has 0 aliphatic rings. The molecule has 1 unspecified atom stereocenters. The quantitative estimate of drug-likeness (QED) is 0.720. The van der Waals surface area contributed by atoms with E-state index in [-0.39, 0.29) is 6.10 Å². The van der Waals surface area contributed by atoms with Crippen molar-refractivity contribution in [1.29, 1.82) is 0 Å². The van der Waals surface area contributed by atoms with Crippen LogP contribution in [0.25, 0.3) is 10.8 Å². The molecule has 92 valence electrons. The average Bonchev–Trinajstić information content (AvgIpc) is 2.43. The van der Waals surface area contributed by atoms with Crippen molar-refractivity contribution in [2.75, 3.05) is 6.61 Å². The molecule has 0 bridgehead atoms. The van der Waals surface area contributed by atoms with Crippen molar-refractivity contribution in [2.24, 2.45) is 0 Å². The predicted molar refractivity (Wildman–Crippen MR) is 76.4 cm³/mol. The highest BCUT2D eigenvalue weighted by atomic mass is 16.5. The van der Waals surface area contributed by atoms with Crippen LogP contribution in [0.1, 0.15) is 31.9 Å². The largest absolute Gasteiger partial charge is 0.361 e. The van der Waals surface area contributed by atoms with Crippen LogP contribution >= 0.6 is 0 Å². The number of fused-ring (bicyclic) bond motifs is 1. The molecule has 0 saturated carbocycles. The van der Waals surface area contributed by atoms with Crippen LogP contribution in [0.2, 0.25) is 0 Å². The minimum atomic E-state index is 0.122. The number of ether oxygens (including phenoxy) is 1. The number of rotatable bonds is 4. The van der Waals surface area contributed by atoms with Gasteiger partial charge in [0.1, 0.15) is 6.61 Å². The van der Waals surface area contributed by atoms with Crippen LogP contribution in [0, 0.1) is 11.8 Å². The van der Waals surface area contributed by atoms with Gasteiger partial charge in [-0.2, -0.15) is 0 Å². The van der Waals surface area contributed by atoms with Gasteiger partial charge in [-0.15, -0.1) is 5.92 Å². The lowest BCUT2D eigenvalue weighted by Crippen LogP contribution is -2.04. The number of hydrogen-bond acceptors (Lipinski definition) is 1. The zero-order valence-corrected chi connectivity index (χ0v) is 10.9. The van der Waals surface area contributed by atoms with Gasteiger partial charge in [0, 0.05) is 0 Å². The number of hydrogen-bond donors (Lipinski definition) is 0. The lowest BCUT2D eigenvalue weighted by Gasteiger charge is -2.17. The highest BCUT2D eigenvalue weighted by Gasteiger charge is 2.12. The van der Waals surface area contributed by atoms with Crippen LogP contribution in [-0.4, -0.2) is 6.61 Å². The molecule has 18 heavy (non-hydrogen) atoms. The first kappa shape index (κ1) is 12.7. The summed E-state index contributed by atoms with van der Waals surface area (Å²) in [5.74, 6) is 5.82. The average molecular weight is 238 g/mol. The van der Waals surface area contributed by atoms with Gasteiger partial charge in [0.15, 0.2) is 0 Å². The maximum absolute atomic E-state index is 5.85. The Morgan fingerprint density at radius 2 is 1.89 bits per heavy atom. The van der Waals surface area contributed by atoms with E-state index >= 15 is 0 Å². The van der Waals surface area contributed by atoms with Gasteiger partial charge in [-0.3, -0.25) is 0 Å². The van der Waals surface area contributed by atoms with Gasteiger partial charge in [0.25, 0.3) is 0 Å². The summed E-state index contributed by atoms with van der Waals surface area (Å²) < 4.78 is 5.85. The molecule has 1 heteroatoms. The van der Waals surface area contributed by atoms with Gasteiger partial charge < -0.3 is 4.74 Å². The van der Waals surface area contributed by atoms with E-state index in [0.29, 0.717) is 6.61 Å². The van der Waals surface area contributed by atoms with Gasteiger partial charge in [-0.1, -0.05) is 55.3 Å². The van der Waals surface area contributed by atoms with Crippen molar-refractivity contribution >= 4 is 10.8 Å². The smallest absolute Gasteiger partial charge is 0.108 e. The maximum Gasteiger partial charge on any atom is 0.108 e. The summed E-state index contributed by atoms with van der Waals surface area (Å²) in [5, 5.41) is 2.54. The molecule has 1 atom stereocenters. The molecular weight excluding hydrogens is 220 g/mol. The highest BCUT2D eigenvalue weighted by Crippen LogP contribution is 2.28. The van der Waals surface area contributed by atoms with Crippen molar-refractivity contribution in [3.63, 3.8) is 0 Å². The molecule has 2 rings (SSSR count). The Hall–Kier alpha value is -1.78. The molecule has 0 amide bonds. The summed E-state index contributed by atoms with van der Waals surface area (Å²) >= 11 is 0. The highest BCUT2D eigenvalue weighted by molar-refractivity contribution is 5.85. The van der Waals surface area contributed by atoms with E-state index in [1.165, 1.54) is 16.3 Å². The van der Waals surface area contributed by atoms with Crippen LogP contribution in [0.5, 0.6) is 0 Å². The summed E-state index contributed by atoms with van der Waals surface area (Å²) in [7, 11) is 0. The first-order chi connectivity index (χ1) is 8.86. The molecule has 2 aromatic rings. The molecule has 0 radical (unpaired) electrons. The van der Waals surface area contributed by atoms with Crippen LogP contribution in [0.15, 0.2) is 42.5 Å². The van der Waals surface area contributed by atoms with Gasteiger partial charge in [-0.05, 0) is 29.7 Å². The van der Waals surface area contributed by atoms with Crippen molar-refractivity contribution in [1.82, 2.24) is 0 Å². The van der Waals surface area contributed by atoms with E-state index in [4.69, 9.17) is 4.74 Å². The third-order valence-corrected chi connectivity index (χ3v) is 3.07. The predicted octanol–water partition coefficient (Wildman–Crippen LogP) is 4.33. The van der Waals surface area contributed by atoms with E-state index in [0.717, 1.165) is 6.42 Å². The van der Waals surface area contributed by atoms with Crippen molar-refractivity contribution in [2.45, 2.75) is 26.4 Å². The fraction of sp³-hybridized carbons (Fsp3) is 0.294. The molecule has 0 aromatic heterocycles. The van der Waals surface area contributed by atoms with Gasteiger partial charge in [0.05, 0.1) is 6.10 Å². The standard InChI is InChI=1S/C17H18O/c1-3-5-13-18-17(4-2)16-12-8-10-14-9-6-7-11-15(14)16/h6-12,17H,4,13H2,1-2H3. The molecule has 0 heterocycles. The van der Waals surface area contributed by atoms with Gasteiger partial charge >= 0.3 is 0 Å². The first-order valence-electron chi connectivity index (χ1n) is 6.35. The SMILES string of the molecule is CC#CCOC(CC)c1cccc2ccccc12. The second kappa shape index (κ2) is 6.23. The van der Waals surface area contributed by atoms with Crippen molar-refractivity contribution in [3.05, 3.63) is 48.0 Å². The third kappa shape index (κ3) is 2.72. The Balaban J connectivity index is 2.34. The monoisotopic (exact) mass is 238 g/mol. The number of benzene rings is 2. The van der Waals surface area contributed by atoms with Gasteiger partial charge in [0.2, 0.25) is 0 Å². The van der Waals surface area contributed by atoms with Crippen LogP contribution < -0.4 is 0 Å². The molecule has 0 spiro atoms. The van der Waals surface area contributed by atoms with Crippen LogP contribution in [0.4, 0.5) is 0 Å². The fourth-order valence-corrected chi connectivity index (χ4v) is 2.17. The molecular formula is C17H18O. The Labute approximate surface area is 109 Å². The Morgan fingerprint density at radius 3 is 2.67 bits per heavy atom. The minimum Gasteiger partial charge on any atom is -0.361 e. The lowest BCUT2D eigenvalue weighted by molar-refractivity contribution is 0.0760. The van der Waals surface area contributed by atoms with Gasteiger partial charge in [-0.25, -0.2) is 0 Å². The Morgan fingerprint density at radius 1 is 1.11 bits per heavy atom. The topological polar surface area (TPSA) is 9.23 Å². The summed E-state index contributed by atoms with van der Waals surface area (Å²) in [6.45, 7) is 4.48. The molecule has 2 aromatic carbocycles. The summed E-state index contributed by atoms with van der Waals surface area (Å²) in [6, 6.07) is 14.8. The van der Waals surface area contributed by atoms with E-state index in [1.807, 2.05) is 6.92 Å². The van der Waals surface area contributed by atoms with Crippen LogP contribution in [-0.2, 0) is 4.74 Å². The maximum atomic E-state index is 5.85. The minimum absolute atomic E-state index is 0.122. The molecule has 0 aliphatic carbocycles. The second-order valence-electron chi connectivity index (χ2n) is 4.20. The second-order valence-corrected chi connectivity index (χ2v) is 4.20. The fourth-order valence-electron chi connectivity index (χ4n) is 2.17. The molecule has 0 aliphatic heterocycles. The molecule has 1 nitrogen and oxygen atoms in total. The summed E-state index contributed by atoms with van der Waals surface area (Å²) in [4.78, 5) is 0. The molecule has 0 fully saturated rings. The lowest BCUT2D eigenvalue weighted by atomic mass is 9.99. The molecule has 0 saturated heterocycles. The third-order valence-electron chi connectivity index (χ3n) is 3.07. The Kier molecular flexibility index (Phi) is 4.39. The van der Waals surface area contributed by atoms with E-state index in [9.17, 15) is 0 Å². The zero-order valence-electron chi connectivity index (χ0n) is 10.9.